The molecular formula is C9H9ClFNO2. The van der Waals surface area contributed by atoms with Crippen molar-refractivity contribution < 1.29 is 14.2 Å². The Balaban J connectivity index is 2.54. The summed E-state index contributed by atoms with van der Waals surface area (Å²) in [7, 11) is 0. The van der Waals surface area contributed by atoms with Gasteiger partial charge in [0.1, 0.15) is 24.3 Å². The number of nitrogens with two attached hydrogens (primary N) is 1. The minimum absolute atomic E-state index is 0.0829. The molecule has 2 atom stereocenters. The molecule has 14 heavy (non-hydrogen) atoms. The summed E-state index contributed by atoms with van der Waals surface area (Å²) in [5.74, 6) is -0.118. The predicted octanol–water partition coefficient (Wildman–Crippen LogP) is 1.23. The van der Waals surface area contributed by atoms with Crippen LogP contribution < -0.4 is 10.5 Å². The molecule has 0 saturated heterocycles. The molecule has 1 aliphatic heterocycles. The van der Waals surface area contributed by atoms with Crippen LogP contribution in [-0.4, -0.2) is 17.8 Å². The first-order valence-electron chi connectivity index (χ1n) is 4.15. The predicted molar refractivity (Wildman–Crippen MR) is 49.8 cm³/mol. The van der Waals surface area contributed by atoms with Gasteiger partial charge in [-0.05, 0) is 12.1 Å². The van der Waals surface area contributed by atoms with Gasteiger partial charge in [-0.3, -0.25) is 0 Å². The summed E-state index contributed by atoms with van der Waals surface area (Å²) in [6, 6.07) is 1.74. The van der Waals surface area contributed by atoms with Gasteiger partial charge < -0.3 is 15.6 Å². The summed E-state index contributed by atoms with van der Waals surface area (Å²) in [6.07, 6.45) is -0.819. The van der Waals surface area contributed by atoms with Gasteiger partial charge in [-0.2, -0.15) is 0 Å². The molecule has 1 heterocycles. The fraction of sp³-hybridized carbons (Fsp3) is 0.333. The van der Waals surface area contributed by atoms with Gasteiger partial charge in [0.15, 0.2) is 0 Å². The molecule has 1 aromatic carbocycles. The van der Waals surface area contributed by atoms with E-state index < -0.39 is 18.0 Å². The van der Waals surface area contributed by atoms with Crippen LogP contribution >= 0.6 is 11.6 Å². The van der Waals surface area contributed by atoms with Gasteiger partial charge in [0.2, 0.25) is 0 Å². The number of benzene rings is 1. The van der Waals surface area contributed by atoms with Crippen molar-refractivity contribution in [3.8, 4) is 5.75 Å². The van der Waals surface area contributed by atoms with Crippen LogP contribution in [-0.2, 0) is 0 Å². The van der Waals surface area contributed by atoms with E-state index in [1.807, 2.05) is 0 Å². The van der Waals surface area contributed by atoms with E-state index in [2.05, 4.69) is 0 Å². The van der Waals surface area contributed by atoms with Crippen LogP contribution in [0.5, 0.6) is 5.75 Å². The fourth-order valence-electron chi connectivity index (χ4n) is 1.46. The van der Waals surface area contributed by atoms with E-state index in [1.54, 1.807) is 0 Å². The highest BCUT2D eigenvalue weighted by Gasteiger charge is 2.28. The molecule has 5 heteroatoms. The molecule has 0 radical (unpaired) electrons. The number of hydrogen-bond donors (Lipinski definition) is 2. The van der Waals surface area contributed by atoms with Crippen LogP contribution in [0, 0.1) is 5.82 Å². The minimum atomic E-state index is -0.819. The van der Waals surface area contributed by atoms with Crippen LogP contribution in [0.25, 0.3) is 0 Å². The lowest BCUT2D eigenvalue weighted by Crippen LogP contribution is -2.35. The first kappa shape index (κ1) is 9.71. The van der Waals surface area contributed by atoms with Gasteiger partial charge in [0, 0.05) is 5.56 Å². The van der Waals surface area contributed by atoms with E-state index in [0.717, 1.165) is 6.07 Å². The van der Waals surface area contributed by atoms with Crippen molar-refractivity contribution in [3.63, 3.8) is 0 Å². The molecule has 0 spiro atoms. The third-order valence-corrected chi connectivity index (χ3v) is 2.49. The SMILES string of the molecule is N[C@@H]1c2cc(F)cc(Cl)c2OC[C@@H]1O. The zero-order valence-electron chi connectivity index (χ0n) is 7.21. The molecule has 0 aliphatic carbocycles. The van der Waals surface area contributed by atoms with E-state index in [0.29, 0.717) is 11.3 Å². The second-order valence-electron chi connectivity index (χ2n) is 3.21. The number of fused-ring (bicyclic) bond motifs is 1. The van der Waals surface area contributed by atoms with E-state index in [9.17, 15) is 9.50 Å². The van der Waals surface area contributed by atoms with E-state index in [4.69, 9.17) is 22.1 Å². The lowest BCUT2D eigenvalue weighted by molar-refractivity contribution is 0.0677. The maximum Gasteiger partial charge on any atom is 0.143 e. The van der Waals surface area contributed by atoms with Crippen LogP contribution in [0.2, 0.25) is 5.02 Å². The molecule has 0 amide bonds. The summed E-state index contributed by atoms with van der Waals surface area (Å²) in [5.41, 5.74) is 6.08. The molecule has 0 fully saturated rings. The largest absolute Gasteiger partial charge is 0.489 e. The summed E-state index contributed by atoms with van der Waals surface area (Å²) < 4.78 is 18.1. The summed E-state index contributed by atoms with van der Waals surface area (Å²) >= 11 is 5.76. The first-order chi connectivity index (χ1) is 6.59. The van der Waals surface area contributed by atoms with Crippen LogP contribution in [0.1, 0.15) is 11.6 Å². The second kappa shape index (κ2) is 3.38. The number of aliphatic hydroxyl groups is 1. The molecule has 3 N–H and O–H groups in total. The number of ether oxygens (including phenoxy) is 1. The lowest BCUT2D eigenvalue weighted by Gasteiger charge is -2.28. The molecule has 0 unspecified atom stereocenters. The number of hydrogen-bond acceptors (Lipinski definition) is 3. The molecule has 3 nitrogen and oxygen atoms in total. The third kappa shape index (κ3) is 1.45. The second-order valence-corrected chi connectivity index (χ2v) is 3.62. The molecule has 76 valence electrons. The van der Waals surface area contributed by atoms with Crippen molar-refractivity contribution in [1.29, 1.82) is 0 Å². The van der Waals surface area contributed by atoms with Crippen molar-refractivity contribution >= 4 is 11.6 Å². The van der Waals surface area contributed by atoms with Crippen LogP contribution in [0.15, 0.2) is 12.1 Å². The van der Waals surface area contributed by atoms with Crippen molar-refractivity contribution in [1.82, 2.24) is 0 Å². The van der Waals surface area contributed by atoms with Crippen molar-refractivity contribution in [2.24, 2.45) is 5.73 Å². The lowest BCUT2D eigenvalue weighted by atomic mass is 9.99. The summed E-state index contributed by atoms with van der Waals surface area (Å²) in [4.78, 5) is 0. The molecule has 0 aromatic heterocycles. The number of halogens is 2. The van der Waals surface area contributed by atoms with Crippen molar-refractivity contribution in [3.05, 3.63) is 28.5 Å². The average Bonchev–Trinajstić information content (AvgIpc) is 2.12. The Morgan fingerprint density at radius 1 is 1.57 bits per heavy atom. The molecule has 0 saturated carbocycles. The summed E-state index contributed by atoms with van der Waals surface area (Å²) in [6.45, 7) is 0.0829. The van der Waals surface area contributed by atoms with Crippen LogP contribution in [0.3, 0.4) is 0 Å². The molecular weight excluding hydrogens is 209 g/mol. The quantitative estimate of drug-likeness (QED) is 0.687. The Hall–Kier alpha value is -0.840. The maximum atomic E-state index is 13.0. The highest BCUT2D eigenvalue weighted by atomic mass is 35.5. The summed E-state index contributed by atoms with van der Waals surface area (Å²) in [5, 5.41) is 9.57. The maximum absolute atomic E-state index is 13.0. The monoisotopic (exact) mass is 217 g/mol. The third-order valence-electron chi connectivity index (χ3n) is 2.21. The highest BCUT2D eigenvalue weighted by Crippen LogP contribution is 2.37. The highest BCUT2D eigenvalue weighted by molar-refractivity contribution is 6.32. The standard InChI is InChI=1S/C9H9ClFNO2/c10-6-2-4(11)1-5-8(12)7(13)3-14-9(5)6/h1-2,7-8,13H,3,12H2/t7-,8+/m0/s1. The number of aliphatic hydroxyl groups excluding tert-OH is 1. The molecule has 2 rings (SSSR count). The number of rotatable bonds is 0. The Bertz CT molecular complexity index is 372. The van der Waals surface area contributed by atoms with Gasteiger partial charge in [0.25, 0.3) is 0 Å². The smallest absolute Gasteiger partial charge is 0.143 e. The van der Waals surface area contributed by atoms with E-state index in [1.165, 1.54) is 6.07 Å². The Morgan fingerprint density at radius 2 is 2.29 bits per heavy atom. The van der Waals surface area contributed by atoms with Crippen molar-refractivity contribution in [2.75, 3.05) is 6.61 Å². The molecule has 0 bridgehead atoms. The first-order valence-corrected chi connectivity index (χ1v) is 4.53. The van der Waals surface area contributed by atoms with Gasteiger partial charge in [-0.1, -0.05) is 11.6 Å². The van der Waals surface area contributed by atoms with Crippen LogP contribution in [0.4, 0.5) is 4.39 Å². The van der Waals surface area contributed by atoms with E-state index >= 15 is 0 Å². The normalized spacial score (nSPS) is 25.4. The Morgan fingerprint density at radius 3 is 3.00 bits per heavy atom. The van der Waals surface area contributed by atoms with Crippen molar-refractivity contribution in [2.45, 2.75) is 12.1 Å². The van der Waals surface area contributed by atoms with Gasteiger partial charge in [0.05, 0.1) is 11.1 Å². The van der Waals surface area contributed by atoms with E-state index in [-0.39, 0.29) is 11.6 Å². The zero-order valence-corrected chi connectivity index (χ0v) is 7.96. The molecule has 1 aliphatic rings. The Kier molecular flexibility index (Phi) is 2.34. The fourth-order valence-corrected chi connectivity index (χ4v) is 1.73. The van der Waals surface area contributed by atoms with Gasteiger partial charge in [-0.25, -0.2) is 4.39 Å². The Labute approximate surface area is 85.2 Å². The topological polar surface area (TPSA) is 55.5 Å². The van der Waals surface area contributed by atoms with Gasteiger partial charge >= 0.3 is 0 Å². The molecule has 1 aromatic rings. The van der Waals surface area contributed by atoms with Gasteiger partial charge in [-0.15, -0.1) is 0 Å². The average molecular weight is 218 g/mol. The minimum Gasteiger partial charge on any atom is -0.489 e. The zero-order chi connectivity index (χ0) is 10.3.